The van der Waals surface area contributed by atoms with E-state index in [2.05, 4.69) is 11.9 Å². The molecule has 0 saturated carbocycles. The standard InChI is InChI=1S/C11H11F4N/c1-3-7(2)16-8-4-5-10(12)9(6-8)11(13,14)15/h4-6,16H,2-3H2,1H3. The van der Waals surface area contributed by atoms with Crippen LogP contribution in [0.1, 0.15) is 18.9 Å². The Kier molecular flexibility index (Phi) is 3.57. The van der Waals surface area contributed by atoms with Crippen molar-refractivity contribution in [3.63, 3.8) is 0 Å². The van der Waals surface area contributed by atoms with Crippen molar-refractivity contribution in [2.75, 3.05) is 5.32 Å². The Morgan fingerprint density at radius 3 is 2.50 bits per heavy atom. The number of hydrogen-bond donors (Lipinski definition) is 1. The predicted molar refractivity (Wildman–Crippen MR) is 54.5 cm³/mol. The first-order valence-electron chi connectivity index (χ1n) is 4.66. The van der Waals surface area contributed by atoms with Crippen molar-refractivity contribution in [2.24, 2.45) is 0 Å². The highest BCUT2D eigenvalue weighted by molar-refractivity contribution is 5.50. The van der Waals surface area contributed by atoms with Crippen LogP contribution in [0, 0.1) is 5.82 Å². The van der Waals surface area contributed by atoms with Crippen LogP contribution in [0.25, 0.3) is 0 Å². The first-order chi connectivity index (χ1) is 7.34. The summed E-state index contributed by atoms with van der Waals surface area (Å²) in [6.07, 6.45) is -4.10. The van der Waals surface area contributed by atoms with Crippen molar-refractivity contribution in [2.45, 2.75) is 19.5 Å². The van der Waals surface area contributed by atoms with Crippen molar-refractivity contribution in [1.82, 2.24) is 0 Å². The number of nitrogens with one attached hydrogen (secondary N) is 1. The Hall–Kier alpha value is -1.52. The van der Waals surface area contributed by atoms with E-state index in [4.69, 9.17) is 0 Å². The molecule has 0 aliphatic rings. The Labute approximate surface area is 90.8 Å². The molecular weight excluding hydrogens is 222 g/mol. The summed E-state index contributed by atoms with van der Waals surface area (Å²) in [5, 5.41) is 2.67. The van der Waals surface area contributed by atoms with Gasteiger partial charge in [0.15, 0.2) is 0 Å². The first kappa shape index (κ1) is 12.5. The summed E-state index contributed by atoms with van der Waals surface area (Å²) in [6, 6.07) is 2.76. The Bertz CT molecular complexity index is 395. The van der Waals surface area contributed by atoms with Gasteiger partial charge in [-0.15, -0.1) is 0 Å². The van der Waals surface area contributed by atoms with E-state index in [-0.39, 0.29) is 5.69 Å². The molecule has 16 heavy (non-hydrogen) atoms. The second kappa shape index (κ2) is 4.55. The van der Waals surface area contributed by atoms with Crippen molar-refractivity contribution in [3.8, 4) is 0 Å². The minimum absolute atomic E-state index is 0.181. The van der Waals surface area contributed by atoms with Gasteiger partial charge in [0.1, 0.15) is 5.82 Å². The van der Waals surface area contributed by atoms with Crippen LogP contribution in [0.4, 0.5) is 23.2 Å². The molecule has 0 amide bonds. The van der Waals surface area contributed by atoms with Crippen LogP contribution in [0.2, 0.25) is 0 Å². The van der Waals surface area contributed by atoms with Gasteiger partial charge in [-0.25, -0.2) is 4.39 Å². The molecule has 0 unspecified atom stereocenters. The number of benzene rings is 1. The lowest BCUT2D eigenvalue weighted by Gasteiger charge is -2.12. The van der Waals surface area contributed by atoms with E-state index >= 15 is 0 Å². The molecule has 1 aromatic carbocycles. The van der Waals surface area contributed by atoms with Gasteiger partial charge in [0.05, 0.1) is 5.56 Å². The van der Waals surface area contributed by atoms with Crippen molar-refractivity contribution in [1.29, 1.82) is 0 Å². The van der Waals surface area contributed by atoms with Gasteiger partial charge in [-0.2, -0.15) is 13.2 Å². The van der Waals surface area contributed by atoms with Crippen LogP contribution in [-0.2, 0) is 6.18 Å². The summed E-state index contributed by atoms with van der Waals surface area (Å²) in [5.74, 6) is -1.28. The molecule has 0 radical (unpaired) electrons. The van der Waals surface area contributed by atoms with Crippen LogP contribution >= 0.6 is 0 Å². The van der Waals surface area contributed by atoms with Crippen LogP contribution < -0.4 is 5.32 Å². The fourth-order valence-electron chi connectivity index (χ4n) is 1.11. The molecule has 0 aliphatic carbocycles. The summed E-state index contributed by atoms with van der Waals surface area (Å²) in [4.78, 5) is 0. The van der Waals surface area contributed by atoms with Gasteiger partial charge in [0, 0.05) is 11.4 Å². The maximum absolute atomic E-state index is 12.9. The van der Waals surface area contributed by atoms with E-state index < -0.39 is 17.6 Å². The molecule has 0 aliphatic heterocycles. The molecule has 1 aromatic rings. The highest BCUT2D eigenvalue weighted by Gasteiger charge is 2.34. The van der Waals surface area contributed by atoms with Crippen molar-refractivity contribution < 1.29 is 17.6 Å². The fraction of sp³-hybridized carbons (Fsp3) is 0.273. The summed E-state index contributed by atoms with van der Waals surface area (Å²) in [6.45, 7) is 5.41. The minimum atomic E-state index is -4.69. The molecule has 5 heteroatoms. The van der Waals surface area contributed by atoms with Crippen LogP contribution in [-0.4, -0.2) is 0 Å². The van der Waals surface area contributed by atoms with Crippen LogP contribution in [0.5, 0.6) is 0 Å². The largest absolute Gasteiger partial charge is 0.419 e. The average Bonchev–Trinajstić information content (AvgIpc) is 2.19. The molecule has 0 spiro atoms. The van der Waals surface area contributed by atoms with Gasteiger partial charge in [0.2, 0.25) is 0 Å². The quantitative estimate of drug-likeness (QED) is 0.772. The number of rotatable bonds is 3. The van der Waals surface area contributed by atoms with Crippen LogP contribution in [0.3, 0.4) is 0 Å². The Balaban J connectivity index is 3.03. The molecule has 0 heterocycles. The van der Waals surface area contributed by atoms with E-state index in [0.29, 0.717) is 12.1 Å². The minimum Gasteiger partial charge on any atom is -0.359 e. The number of allylic oxidation sites excluding steroid dienone is 1. The molecule has 0 aromatic heterocycles. The summed E-state index contributed by atoms with van der Waals surface area (Å²) >= 11 is 0. The second-order valence-corrected chi connectivity index (χ2v) is 3.27. The summed E-state index contributed by atoms with van der Waals surface area (Å²) < 4.78 is 50.0. The highest BCUT2D eigenvalue weighted by atomic mass is 19.4. The summed E-state index contributed by atoms with van der Waals surface area (Å²) in [5.41, 5.74) is -0.526. The van der Waals surface area contributed by atoms with Gasteiger partial charge < -0.3 is 5.32 Å². The number of alkyl halides is 3. The van der Waals surface area contributed by atoms with E-state index in [1.54, 1.807) is 0 Å². The van der Waals surface area contributed by atoms with Crippen LogP contribution in [0.15, 0.2) is 30.5 Å². The molecule has 0 fully saturated rings. The van der Waals surface area contributed by atoms with Gasteiger partial charge >= 0.3 is 6.18 Å². The van der Waals surface area contributed by atoms with E-state index in [0.717, 1.165) is 12.1 Å². The normalized spacial score (nSPS) is 11.3. The number of halogens is 4. The molecule has 0 saturated heterocycles. The van der Waals surface area contributed by atoms with Gasteiger partial charge in [0.25, 0.3) is 0 Å². The zero-order valence-electron chi connectivity index (χ0n) is 8.66. The highest BCUT2D eigenvalue weighted by Crippen LogP contribution is 2.33. The van der Waals surface area contributed by atoms with Crippen molar-refractivity contribution in [3.05, 3.63) is 41.9 Å². The molecule has 1 rings (SSSR count). The lowest BCUT2D eigenvalue weighted by atomic mass is 10.1. The first-order valence-corrected chi connectivity index (χ1v) is 4.66. The Morgan fingerprint density at radius 2 is 2.00 bits per heavy atom. The molecule has 88 valence electrons. The predicted octanol–water partition coefficient (Wildman–Crippen LogP) is 4.18. The molecule has 0 bridgehead atoms. The third-order valence-electron chi connectivity index (χ3n) is 2.02. The van der Waals surface area contributed by atoms with Crippen molar-refractivity contribution >= 4 is 5.69 Å². The SMILES string of the molecule is C=C(CC)Nc1ccc(F)c(C(F)(F)F)c1. The maximum Gasteiger partial charge on any atom is 0.419 e. The lowest BCUT2D eigenvalue weighted by Crippen LogP contribution is -2.09. The monoisotopic (exact) mass is 233 g/mol. The molecule has 1 N–H and O–H groups in total. The van der Waals surface area contributed by atoms with E-state index in [9.17, 15) is 17.6 Å². The Morgan fingerprint density at radius 1 is 1.38 bits per heavy atom. The number of hydrogen-bond acceptors (Lipinski definition) is 1. The van der Waals surface area contributed by atoms with Gasteiger partial charge in [-0.05, 0) is 24.6 Å². The van der Waals surface area contributed by atoms with E-state index in [1.165, 1.54) is 6.07 Å². The van der Waals surface area contributed by atoms with Gasteiger partial charge in [-0.1, -0.05) is 13.5 Å². The fourth-order valence-corrected chi connectivity index (χ4v) is 1.11. The molecule has 1 nitrogen and oxygen atoms in total. The molecular formula is C11H11F4N. The zero-order chi connectivity index (χ0) is 12.3. The van der Waals surface area contributed by atoms with E-state index in [1.807, 2.05) is 6.92 Å². The maximum atomic E-state index is 12.9. The third-order valence-corrected chi connectivity index (χ3v) is 2.02. The summed E-state index contributed by atoms with van der Waals surface area (Å²) in [7, 11) is 0. The lowest BCUT2D eigenvalue weighted by molar-refractivity contribution is -0.139. The smallest absolute Gasteiger partial charge is 0.359 e. The topological polar surface area (TPSA) is 12.0 Å². The molecule has 0 atom stereocenters. The zero-order valence-corrected chi connectivity index (χ0v) is 8.66. The number of anilines is 1. The second-order valence-electron chi connectivity index (χ2n) is 3.27. The average molecular weight is 233 g/mol. The third kappa shape index (κ3) is 2.98. The van der Waals surface area contributed by atoms with Gasteiger partial charge in [-0.3, -0.25) is 0 Å².